The molecule has 1 aliphatic rings. The SMILES string of the molecule is CC(O)CN(C(=O)Nc1ccc2c3c(cccc13)CC2)C(C)CO. The molecule has 0 aromatic heterocycles. The molecule has 3 rings (SSSR count). The first kappa shape index (κ1) is 16.7. The molecule has 0 spiro atoms. The average Bonchev–Trinajstić information content (AvgIpc) is 2.99. The number of hydrogen-bond acceptors (Lipinski definition) is 3. The lowest BCUT2D eigenvalue weighted by Gasteiger charge is -2.29. The standard InChI is InChI=1S/C19H24N2O3/c1-12(11-22)21(10-13(2)23)19(24)20-17-9-8-15-7-6-14-4-3-5-16(17)18(14)15/h3-5,8-9,12-13,22-23H,6-7,10-11H2,1-2H3,(H,20,24). The average molecular weight is 328 g/mol. The molecule has 2 unspecified atom stereocenters. The van der Waals surface area contributed by atoms with E-state index in [0.29, 0.717) is 0 Å². The molecule has 0 saturated carbocycles. The van der Waals surface area contributed by atoms with Gasteiger partial charge in [0.1, 0.15) is 0 Å². The van der Waals surface area contributed by atoms with Crippen molar-refractivity contribution in [3.8, 4) is 0 Å². The van der Waals surface area contributed by atoms with Gasteiger partial charge in [-0.2, -0.15) is 0 Å². The lowest BCUT2D eigenvalue weighted by atomic mass is 10.0. The minimum Gasteiger partial charge on any atom is -0.394 e. The van der Waals surface area contributed by atoms with E-state index >= 15 is 0 Å². The highest BCUT2D eigenvalue weighted by Crippen LogP contribution is 2.35. The van der Waals surface area contributed by atoms with Gasteiger partial charge in [-0.05, 0) is 49.3 Å². The molecule has 2 aromatic rings. The first-order chi connectivity index (χ1) is 11.5. The van der Waals surface area contributed by atoms with E-state index in [1.807, 2.05) is 18.2 Å². The number of carbonyl (C=O) groups is 1. The molecule has 1 aliphatic carbocycles. The summed E-state index contributed by atoms with van der Waals surface area (Å²) >= 11 is 0. The van der Waals surface area contributed by atoms with Gasteiger partial charge in [-0.25, -0.2) is 4.79 Å². The van der Waals surface area contributed by atoms with Crippen molar-refractivity contribution in [2.24, 2.45) is 0 Å². The van der Waals surface area contributed by atoms with Crippen LogP contribution >= 0.6 is 0 Å². The number of urea groups is 1. The lowest BCUT2D eigenvalue weighted by molar-refractivity contribution is 0.0995. The largest absolute Gasteiger partial charge is 0.394 e. The van der Waals surface area contributed by atoms with Crippen LogP contribution in [0.4, 0.5) is 10.5 Å². The van der Waals surface area contributed by atoms with Crippen LogP contribution in [0.3, 0.4) is 0 Å². The van der Waals surface area contributed by atoms with E-state index in [4.69, 9.17) is 0 Å². The molecule has 2 amide bonds. The molecule has 24 heavy (non-hydrogen) atoms. The van der Waals surface area contributed by atoms with Crippen LogP contribution in [-0.4, -0.2) is 46.4 Å². The third-order valence-corrected chi connectivity index (χ3v) is 4.64. The molecule has 2 aromatic carbocycles. The van der Waals surface area contributed by atoms with Crippen molar-refractivity contribution in [2.45, 2.75) is 38.8 Å². The fraction of sp³-hybridized carbons (Fsp3) is 0.421. The van der Waals surface area contributed by atoms with E-state index in [1.54, 1.807) is 13.8 Å². The number of aryl methyl sites for hydroxylation is 2. The van der Waals surface area contributed by atoms with Crippen LogP contribution < -0.4 is 5.32 Å². The summed E-state index contributed by atoms with van der Waals surface area (Å²) in [5, 5.41) is 24.3. The predicted molar refractivity (Wildman–Crippen MR) is 95.3 cm³/mol. The van der Waals surface area contributed by atoms with Gasteiger partial charge < -0.3 is 20.4 Å². The summed E-state index contributed by atoms with van der Waals surface area (Å²) in [6, 6.07) is 9.52. The van der Waals surface area contributed by atoms with Crippen LogP contribution in [0.2, 0.25) is 0 Å². The van der Waals surface area contributed by atoms with Crippen LogP contribution in [0.5, 0.6) is 0 Å². The number of aliphatic hydroxyl groups is 2. The van der Waals surface area contributed by atoms with Gasteiger partial charge in [0, 0.05) is 11.9 Å². The summed E-state index contributed by atoms with van der Waals surface area (Å²) in [4.78, 5) is 14.1. The fourth-order valence-corrected chi connectivity index (χ4v) is 3.39. The summed E-state index contributed by atoms with van der Waals surface area (Å²) in [5.74, 6) is 0. The Hall–Kier alpha value is -2.11. The monoisotopic (exact) mass is 328 g/mol. The number of carbonyl (C=O) groups excluding carboxylic acids is 1. The van der Waals surface area contributed by atoms with Crippen LogP contribution in [0, 0.1) is 0 Å². The summed E-state index contributed by atoms with van der Waals surface area (Å²) in [5.41, 5.74) is 3.41. The summed E-state index contributed by atoms with van der Waals surface area (Å²) in [6.45, 7) is 3.41. The first-order valence-corrected chi connectivity index (χ1v) is 8.41. The molecule has 5 heteroatoms. The summed E-state index contributed by atoms with van der Waals surface area (Å²) < 4.78 is 0. The van der Waals surface area contributed by atoms with Crippen molar-refractivity contribution in [3.05, 3.63) is 41.5 Å². The molecule has 3 N–H and O–H groups in total. The Balaban J connectivity index is 1.90. The molecule has 0 saturated heterocycles. The Morgan fingerprint density at radius 3 is 2.58 bits per heavy atom. The molecular weight excluding hydrogens is 304 g/mol. The highest BCUT2D eigenvalue weighted by atomic mass is 16.3. The van der Waals surface area contributed by atoms with Crippen molar-refractivity contribution in [1.82, 2.24) is 4.90 Å². The minimum absolute atomic E-state index is 0.149. The summed E-state index contributed by atoms with van der Waals surface area (Å²) in [6.07, 6.45) is 1.43. The zero-order chi connectivity index (χ0) is 17.3. The molecule has 128 valence electrons. The number of rotatable bonds is 5. The van der Waals surface area contributed by atoms with Gasteiger partial charge in [0.15, 0.2) is 0 Å². The normalized spacial score (nSPS) is 15.3. The van der Waals surface area contributed by atoms with Gasteiger partial charge in [-0.3, -0.25) is 0 Å². The second kappa shape index (κ2) is 6.79. The van der Waals surface area contributed by atoms with Gasteiger partial charge in [0.2, 0.25) is 0 Å². The maximum Gasteiger partial charge on any atom is 0.322 e. The molecule has 0 heterocycles. The zero-order valence-electron chi connectivity index (χ0n) is 14.1. The highest BCUT2D eigenvalue weighted by Gasteiger charge is 2.23. The van der Waals surface area contributed by atoms with Crippen molar-refractivity contribution in [1.29, 1.82) is 0 Å². The number of aliphatic hydroxyl groups excluding tert-OH is 2. The number of anilines is 1. The van der Waals surface area contributed by atoms with Gasteiger partial charge in [-0.15, -0.1) is 0 Å². The van der Waals surface area contributed by atoms with Gasteiger partial charge in [-0.1, -0.05) is 24.3 Å². The van der Waals surface area contributed by atoms with E-state index in [2.05, 4.69) is 17.4 Å². The molecule has 0 fully saturated rings. The van der Waals surface area contributed by atoms with E-state index in [1.165, 1.54) is 21.4 Å². The van der Waals surface area contributed by atoms with Crippen LogP contribution in [0.15, 0.2) is 30.3 Å². The first-order valence-electron chi connectivity index (χ1n) is 8.41. The molecule has 5 nitrogen and oxygen atoms in total. The Kier molecular flexibility index (Phi) is 4.73. The maximum atomic E-state index is 12.7. The molecule has 2 atom stereocenters. The fourth-order valence-electron chi connectivity index (χ4n) is 3.39. The number of amides is 2. The molecular formula is C19H24N2O3. The Morgan fingerprint density at radius 2 is 1.92 bits per heavy atom. The lowest BCUT2D eigenvalue weighted by Crippen LogP contribution is -2.46. The van der Waals surface area contributed by atoms with Crippen molar-refractivity contribution in [3.63, 3.8) is 0 Å². The maximum absolute atomic E-state index is 12.7. The van der Waals surface area contributed by atoms with Crippen LogP contribution in [0.25, 0.3) is 10.8 Å². The second-order valence-corrected chi connectivity index (χ2v) is 6.58. The van der Waals surface area contributed by atoms with Gasteiger partial charge in [0.05, 0.1) is 24.4 Å². The second-order valence-electron chi connectivity index (χ2n) is 6.58. The highest BCUT2D eigenvalue weighted by molar-refractivity contribution is 6.04. The Morgan fingerprint density at radius 1 is 1.21 bits per heavy atom. The third-order valence-electron chi connectivity index (χ3n) is 4.64. The smallest absolute Gasteiger partial charge is 0.322 e. The van der Waals surface area contributed by atoms with Crippen molar-refractivity contribution in [2.75, 3.05) is 18.5 Å². The number of nitrogens with one attached hydrogen (secondary N) is 1. The minimum atomic E-state index is -0.655. The van der Waals surface area contributed by atoms with Crippen LogP contribution in [0.1, 0.15) is 25.0 Å². The number of nitrogens with zero attached hydrogens (tertiary/aromatic N) is 1. The molecule has 0 bridgehead atoms. The molecule has 0 radical (unpaired) electrons. The van der Waals surface area contributed by atoms with E-state index in [-0.39, 0.29) is 25.2 Å². The van der Waals surface area contributed by atoms with Crippen molar-refractivity contribution >= 4 is 22.5 Å². The van der Waals surface area contributed by atoms with E-state index < -0.39 is 6.10 Å². The quantitative estimate of drug-likeness (QED) is 0.790. The van der Waals surface area contributed by atoms with Gasteiger partial charge >= 0.3 is 6.03 Å². The third kappa shape index (κ3) is 3.09. The molecule has 0 aliphatic heterocycles. The Bertz CT molecular complexity index is 747. The van der Waals surface area contributed by atoms with Crippen LogP contribution in [-0.2, 0) is 12.8 Å². The van der Waals surface area contributed by atoms with E-state index in [0.717, 1.165) is 23.9 Å². The zero-order valence-corrected chi connectivity index (χ0v) is 14.1. The predicted octanol–water partition coefficient (Wildman–Crippen LogP) is 2.53. The summed E-state index contributed by atoms with van der Waals surface area (Å²) in [7, 11) is 0. The van der Waals surface area contributed by atoms with Crippen molar-refractivity contribution < 1.29 is 15.0 Å². The Labute approximate surface area is 141 Å². The number of hydrogen-bond donors (Lipinski definition) is 3. The topological polar surface area (TPSA) is 72.8 Å². The number of benzene rings is 2. The van der Waals surface area contributed by atoms with E-state index in [9.17, 15) is 15.0 Å². The van der Waals surface area contributed by atoms with Gasteiger partial charge in [0.25, 0.3) is 0 Å².